The SMILES string of the molecule is CCCOc1ccc(C2=[N+]([O-])[C@@](C)(CC)N(O)C2(C)C)cc1. The summed E-state index contributed by atoms with van der Waals surface area (Å²) in [7, 11) is 0. The topological polar surface area (TPSA) is 58.8 Å². The Balaban J connectivity index is 2.41. The van der Waals surface area contributed by atoms with E-state index in [-0.39, 0.29) is 0 Å². The van der Waals surface area contributed by atoms with E-state index in [1.54, 1.807) is 6.92 Å². The fraction of sp³-hybridized carbons (Fsp3) is 0.588. The van der Waals surface area contributed by atoms with Crippen LogP contribution in [0.3, 0.4) is 0 Å². The summed E-state index contributed by atoms with van der Waals surface area (Å²) in [5.41, 5.74) is -0.324. The molecule has 0 saturated carbocycles. The molecule has 1 aromatic rings. The van der Waals surface area contributed by atoms with E-state index in [2.05, 4.69) is 6.92 Å². The molecule has 1 atom stereocenters. The summed E-state index contributed by atoms with van der Waals surface area (Å²) in [6.45, 7) is 10.1. The Bertz CT molecular complexity index is 566. The molecule has 5 nitrogen and oxygen atoms in total. The zero-order chi connectivity index (χ0) is 16.5. The number of nitrogens with zero attached hydrogens (tertiary/aromatic N) is 2. The molecule has 1 aliphatic heterocycles. The first kappa shape index (κ1) is 16.8. The zero-order valence-electron chi connectivity index (χ0n) is 14.1. The van der Waals surface area contributed by atoms with Crippen molar-refractivity contribution in [2.75, 3.05) is 6.61 Å². The Morgan fingerprint density at radius 3 is 2.23 bits per heavy atom. The predicted octanol–water partition coefficient (Wildman–Crippen LogP) is 3.38. The molecule has 1 heterocycles. The van der Waals surface area contributed by atoms with Gasteiger partial charge in [-0.25, -0.2) is 0 Å². The van der Waals surface area contributed by atoms with Crippen LogP contribution in [0, 0.1) is 5.21 Å². The van der Waals surface area contributed by atoms with Crippen molar-refractivity contribution in [3.63, 3.8) is 0 Å². The number of hydroxylamine groups is 3. The minimum Gasteiger partial charge on any atom is -0.622 e. The molecule has 0 unspecified atom stereocenters. The normalized spacial score (nSPS) is 24.8. The molecule has 5 heteroatoms. The Morgan fingerprint density at radius 2 is 1.77 bits per heavy atom. The van der Waals surface area contributed by atoms with Gasteiger partial charge in [0.15, 0.2) is 0 Å². The first-order chi connectivity index (χ1) is 10.3. The van der Waals surface area contributed by atoms with E-state index in [0.717, 1.165) is 22.5 Å². The Morgan fingerprint density at radius 1 is 1.18 bits per heavy atom. The van der Waals surface area contributed by atoms with Crippen LogP contribution in [0.4, 0.5) is 0 Å². The summed E-state index contributed by atoms with van der Waals surface area (Å²) in [5.74, 6) is 0.790. The lowest BCUT2D eigenvalue weighted by molar-refractivity contribution is -0.586. The summed E-state index contributed by atoms with van der Waals surface area (Å²) in [5, 5.41) is 24.5. The third-order valence-corrected chi connectivity index (χ3v) is 4.48. The molecule has 0 fully saturated rings. The summed E-state index contributed by atoms with van der Waals surface area (Å²) in [4.78, 5) is 0. The molecular weight excluding hydrogens is 280 g/mol. The van der Waals surface area contributed by atoms with Crippen molar-refractivity contribution in [3.05, 3.63) is 35.0 Å². The minimum absolute atomic E-state index is 0.525. The van der Waals surface area contributed by atoms with Gasteiger partial charge in [0.1, 0.15) is 11.3 Å². The van der Waals surface area contributed by atoms with Crippen molar-refractivity contribution >= 4 is 5.71 Å². The Labute approximate surface area is 132 Å². The molecule has 22 heavy (non-hydrogen) atoms. The van der Waals surface area contributed by atoms with E-state index in [9.17, 15) is 10.4 Å². The highest BCUT2D eigenvalue weighted by Crippen LogP contribution is 2.37. The maximum Gasteiger partial charge on any atom is 0.248 e. The highest BCUT2D eigenvalue weighted by atomic mass is 16.6. The highest BCUT2D eigenvalue weighted by Gasteiger charge is 2.58. The van der Waals surface area contributed by atoms with Crippen LogP contribution >= 0.6 is 0 Å². The van der Waals surface area contributed by atoms with Crippen LogP contribution in [-0.4, -0.2) is 38.5 Å². The van der Waals surface area contributed by atoms with E-state index >= 15 is 0 Å². The molecule has 0 bridgehead atoms. The first-order valence-electron chi connectivity index (χ1n) is 7.86. The van der Waals surface area contributed by atoms with Gasteiger partial charge in [0.25, 0.3) is 0 Å². The van der Waals surface area contributed by atoms with Crippen LogP contribution in [0.15, 0.2) is 24.3 Å². The molecule has 0 aliphatic carbocycles. The predicted molar refractivity (Wildman–Crippen MR) is 86.4 cm³/mol. The second-order valence-corrected chi connectivity index (χ2v) is 6.46. The van der Waals surface area contributed by atoms with Crippen molar-refractivity contribution in [2.24, 2.45) is 0 Å². The lowest BCUT2D eigenvalue weighted by Gasteiger charge is -2.32. The molecule has 1 aromatic carbocycles. The third kappa shape index (κ3) is 2.48. The minimum atomic E-state index is -0.948. The van der Waals surface area contributed by atoms with Gasteiger partial charge in [-0.3, -0.25) is 0 Å². The van der Waals surface area contributed by atoms with E-state index in [1.165, 1.54) is 5.06 Å². The monoisotopic (exact) mass is 306 g/mol. The van der Waals surface area contributed by atoms with Crippen molar-refractivity contribution in [1.29, 1.82) is 0 Å². The van der Waals surface area contributed by atoms with E-state index < -0.39 is 11.2 Å². The molecule has 2 rings (SSSR count). The highest BCUT2D eigenvalue weighted by molar-refractivity contribution is 6.04. The fourth-order valence-corrected chi connectivity index (χ4v) is 2.97. The van der Waals surface area contributed by atoms with Crippen molar-refractivity contribution in [3.8, 4) is 5.75 Å². The fourth-order valence-electron chi connectivity index (χ4n) is 2.97. The van der Waals surface area contributed by atoms with Crippen molar-refractivity contribution < 1.29 is 14.7 Å². The van der Waals surface area contributed by atoms with Crippen molar-refractivity contribution in [2.45, 2.75) is 58.7 Å². The molecule has 122 valence electrons. The Kier molecular flexibility index (Phi) is 4.49. The quantitative estimate of drug-likeness (QED) is 0.669. The lowest BCUT2D eigenvalue weighted by atomic mass is 9.92. The molecule has 0 spiro atoms. The molecule has 1 N–H and O–H groups in total. The van der Waals surface area contributed by atoms with E-state index in [1.807, 2.05) is 45.0 Å². The molecular formula is C17H26N2O3. The van der Waals surface area contributed by atoms with Crippen LogP contribution in [-0.2, 0) is 0 Å². The smallest absolute Gasteiger partial charge is 0.248 e. The van der Waals surface area contributed by atoms with Gasteiger partial charge in [-0.1, -0.05) is 13.8 Å². The van der Waals surface area contributed by atoms with Crippen LogP contribution < -0.4 is 4.74 Å². The second kappa shape index (κ2) is 5.89. The maximum absolute atomic E-state index is 12.8. The average molecular weight is 306 g/mol. The molecule has 0 aromatic heterocycles. The number of hydrogen-bond donors (Lipinski definition) is 1. The summed E-state index contributed by atoms with van der Waals surface area (Å²) in [6.07, 6.45) is 1.48. The molecule has 0 saturated heterocycles. The number of ether oxygens (including phenoxy) is 1. The molecule has 0 amide bonds. The van der Waals surface area contributed by atoms with Gasteiger partial charge in [0.2, 0.25) is 11.4 Å². The van der Waals surface area contributed by atoms with Gasteiger partial charge in [0.05, 0.1) is 6.61 Å². The maximum atomic E-state index is 12.8. The average Bonchev–Trinajstić information content (AvgIpc) is 2.64. The van der Waals surface area contributed by atoms with Gasteiger partial charge in [0, 0.05) is 18.9 Å². The van der Waals surface area contributed by atoms with Crippen LogP contribution in [0.2, 0.25) is 0 Å². The Hall–Kier alpha value is -1.59. The number of rotatable bonds is 5. The molecule has 1 aliphatic rings. The summed E-state index contributed by atoms with van der Waals surface area (Å²) < 4.78 is 6.51. The van der Waals surface area contributed by atoms with Gasteiger partial charge in [-0.05, 0) is 44.5 Å². The van der Waals surface area contributed by atoms with Gasteiger partial charge in [-0.2, -0.15) is 4.74 Å². The van der Waals surface area contributed by atoms with Gasteiger partial charge in [-0.15, -0.1) is 5.06 Å². The van der Waals surface area contributed by atoms with Gasteiger partial charge < -0.3 is 15.2 Å². The lowest BCUT2D eigenvalue weighted by Crippen LogP contribution is -2.52. The second-order valence-electron chi connectivity index (χ2n) is 6.46. The third-order valence-electron chi connectivity index (χ3n) is 4.48. The summed E-state index contributed by atoms with van der Waals surface area (Å²) >= 11 is 0. The molecule has 0 radical (unpaired) electrons. The largest absolute Gasteiger partial charge is 0.622 e. The van der Waals surface area contributed by atoms with Crippen LogP contribution in [0.5, 0.6) is 5.75 Å². The summed E-state index contributed by atoms with van der Waals surface area (Å²) in [6, 6.07) is 7.49. The van der Waals surface area contributed by atoms with Gasteiger partial charge >= 0.3 is 0 Å². The van der Waals surface area contributed by atoms with Crippen LogP contribution in [0.1, 0.15) is 53.0 Å². The first-order valence-corrected chi connectivity index (χ1v) is 7.86. The van der Waals surface area contributed by atoms with Crippen LogP contribution in [0.25, 0.3) is 0 Å². The zero-order valence-corrected chi connectivity index (χ0v) is 14.1. The van der Waals surface area contributed by atoms with E-state index in [0.29, 0.717) is 18.7 Å². The number of benzene rings is 1. The van der Waals surface area contributed by atoms with E-state index in [4.69, 9.17) is 4.74 Å². The van der Waals surface area contributed by atoms with Crippen molar-refractivity contribution in [1.82, 2.24) is 5.06 Å². The number of hydrogen-bond acceptors (Lipinski definition) is 4. The standard InChI is InChI=1S/C17H26N2O3/c1-6-12-22-14-10-8-13(9-11-14)15-16(3,4)19(21)17(5,7-2)18(15)20/h8-11,21H,6-7,12H2,1-5H3/t17-/m1/s1.